The molecule has 0 fully saturated rings. The first kappa shape index (κ1) is 17.8. The van der Waals surface area contributed by atoms with Crippen molar-refractivity contribution in [3.05, 3.63) is 69.7 Å². The molecule has 0 spiro atoms. The maximum atomic E-state index is 13.3. The minimum atomic E-state index is -0.426. The van der Waals surface area contributed by atoms with Crippen molar-refractivity contribution in [2.24, 2.45) is 0 Å². The molecule has 0 atom stereocenters. The summed E-state index contributed by atoms with van der Waals surface area (Å²) in [5, 5.41) is 15.6. The van der Waals surface area contributed by atoms with E-state index in [1.165, 1.54) is 23.8 Å². The first-order valence-electron chi connectivity index (χ1n) is 8.87. The summed E-state index contributed by atoms with van der Waals surface area (Å²) in [5.41, 5.74) is 1.63. The first-order valence-corrected chi connectivity index (χ1v) is 9.81. The van der Waals surface area contributed by atoms with Crippen molar-refractivity contribution >= 4 is 17.2 Å². The Morgan fingerprint density at radius 1 is 1.22 bits per heavy atom. The summed E-state index contributed by atoms with van der Waals surface area (Å²) in [4.78, 5) is 14.6. The van der Waals surface area contributed by atoms with Crippen LogP contribution in [-0.4, -0.2) is 38.7 Å². The minimum absolute atomic E-state index is 0.271. The molecule has 3 heterocycles. The molecular formula is C19H20FN5OS. The van der Waals surface area contributed by atoms with Gasteiger partial charge in [-0.05, 0) is 40.6 Å². The molecule has 6 nitrogen and oxygen atoms in total. The Morgan fingerprint density at radius 3 is 2.96 bits per heavy atom. The van der Waals surface area contributed by atoms with Crippen molar-refractivity contribution in [3.8, 4) is 0 Å². The van der Waals surface area contributed by atoms with E-state index in [1.54, 1.807) is 17.4 Å². The summed E-state index contributed by atoms with van der Waals surface area (Å²) in [6, 6.07) is 7.81. The number of carbonyl (C=O) groups is 1. The number of rotatable bonds is 5. The van der Waals surface area contributed by atoms with E-state index in [0.717, 1.165) is 44.2 Å². The number of aromatic nitrogens is 3. The fourth-order valence-corrected chi connectivity index (χ4v) is 3.91. The number of thiophene rings is 1. The zero-order chi connectivity index (χ0) is 18.6. The number of amides is 1. The molecule has 140 valence electrons. The Labute approximate surface area is 160 Å². The maximum absolute atomic E-state index is 13.3. The van der Waals surface area contributed by atoms with Gasteiger partial charge in [-0.1, -0.05) is 6.07 Å². The Balaban J connectivity index is 1.38. The molecule has 27 heavy (non-hydrogen) atoms. The number of carbonyl (C=O) groups excluding carboxylic acids is 1. The number of nitrogens with zero attached hydrogens (tertiary/aromatic N) is 4. The molecule has 1 aliphatic heterocycles. The van der Waals surface area contributed by atoms with E-state index in [-0.39, 0.29) is 12.5 Å². The summed E-state index contributed by atoms with van der Waals surface area (Å²) in [5.74, 6) is 0.925. The molecule has 1 amide bonds. The van der Waals surface area contributed by atoms with E-state index < -0.39 is 5.82 Å². The molecule has 1 aliphatic rings. The molecule has 3 aromatic rings. The molecule has 4 rings (SSSR count). The highest BCUT2D eigenvalue weighted by molar-refractivity contribution is 7.07. The molecule has 1 aromatic carbocycles. The minimum Gasteiger partial charge on any atom is -0.345 e. The average molecular weight is 385 g/mol. The van der Waals surface area contributed by atoms with Gasteiger partial charge < -0.3 is 9.88 Å². The summed E-state index contributed by atoms with van der Waals surface area (Å²) in [6.07, 6.45) is 0.828. The van der Waals surface area contributed by atoms with Crippen LogP contribution < -0.4 is 5.32 Å². The van der Waals surface area contributed by atoms with Gasteiger partial charge >= 0.3 is 0 Å². The topological polar surface area (TPSA) is 63.1 Å². The van der Waals surface area contributed by atoms with Crippen LogP contribution in [-0.2, 0) is 26.1 Å². The van der Waals surface area contributed by atoms with Gasteiger partial charge in [0.1, 0.15) is 11.6 Å². The van der Waals surface area contributed by atoms with Crippen LogP contribution in [0.25, 0.3) is 0 Å². The Bertz CT molecular complexity index is 924. The van der Waals surface area contributed by atoms with Gasteiger partial charge in [-0.15, -0.1) is 10.2 Å². The average Bonchev–Trinajstić information content (AvgIpc) is 3.27. The zero-order valence-electron chi connectivity index (χ0n) is 14.8. The highest BCUT2D eigenvalue weighted by Crippen LogP contribution is 2.14. The Kier molecular flexibility index (Phi) is 5.26. The Morgan fingerprint density at radius 2 is 2.15 bits per heavy atom. The van der Waals surface area contributed by atoms with Gasteiger partial charge in [0.05, 0.1) is 6.54 Å². The lowest BCUT2D eigenvalue weighted by Gasteiger charge is -2.18. The van der Waals surface area contributed by atoms with E-state index in [9.17, 15) is 9.18 Å². The fourth-order valence-electron chi connectivity index (χ4n) is 3.25. The predicted octanol–water partition coefficient (Wildman–Crippen LogP) is 2.47. The van der Waals surface area contributed by atoms with Gasteiger partial charge in [0.25, 0.3) is 5.91 Å². The second-order valence-corrected chi connectivity index (χ2v) is 7.31. The normalized spacial score (nSPS) is 14.6. The maximum Gasteiger partial charge on any atom is 0.251 e. The van der Waals surface area contributed by atoms with Crippen LogP contribution in [0.15, 0.2) is 41.1 Å². The lowest BCUT2D eigenvalue weighted by atomic mass is 10.2. The number of hydrogen-bond acceptors (Lipinski definition) is 5. The third-order valence-corrected chi connectivity index (χ3v) is 5.41. The first-order chi connectivity index (χ1) is 13.2. The van der Waals surface area contributed by atoms with Crippen molar-refractivity contribution < 1.29 is 9.18 Å². The van der Waals surface area contributed by atoms with Crippen LogP contribution in [0.1, 0.15) is 27.6 Å². The summed E-state index contributed by atoms with van der Waals surface area (Å²) in [6.45, 7) is 3.84. The van der Waals surface area contributed by atoms with Crippen molar-refractivity contribution in [1.29, 1.82) is 0 Å². The highest BCUT2D eigenvalue weighted by Gasteiger charge is 2.19. The summed E-state index contributed by atoms with van der Waals surface area (Å²) >= 11 is 1.72. The highest BCUT2D eigenvalue weighted by atomic mass is 32.1. The monoisotopic (exact) mass is 385 g/mol. The largest absolute Gasteiger partial charge is 0.345 e. The zero-order valence-corrected chi connectivity index (χ0v) is 15.6. The van der Waals surface area contributed by atoms with Crippen LogP contribution >= 0.6 is 11.3 Å². The number of halogens is 1. The van der Waals surface area contributed by atoms with Gasteiger partial charge in [-0.2, -0.15) is 11.3 Å². The number of fused-ring (bicyclic) bond motifs is 1. The summed E-state index contributed by atoms with van der Waals surface area (Å²) < 4.78 is 15.4. The number of hydrogen-bond donors (Lipinski definition) is 1. The van der Waals surface area contributed by atoms with Crippen molar-refractivity contribution in [2.45, 2.75) is 26.1 Å². The third-order valence-electron chi connectivity index (χ3n) is 4.68. The van der Waals surface area contributed by atoms with Crippen LogP contribution in [0.2, 0.25) is 0 Å². The number of nitrogens with one attached hydrogen (secondary N) is 1. The molecule has 1 N–H and O–H groups in total. The molecule has 0 saturated heterocycles. The van der Waals surface area contributed by atoms with E-state index in [0.29, 0.717) is 5.56 Å². The van der Waals surface area contributed by atoms with Gasteiger partial charge in [0, 0.05) is 38.2 Å². The van der Waals surface area contributed by atoms with Crippen LogP contribution in [0.4, 0.5) is 4.39 Å². The molecule has 8 heteroatoms. The second-order valence-electron chi connectivity index (χ2n) is 6.53. The molecule has 0 unspecified atom stereocenters. The summed E-state index contributed by atoms with van der Waals surface area (Å²) in [7, 11) is 0. The molecule has 0 saturated carbocycles. The molecule has 0 radical (unpaired) electrons. The predicted molar refractivity (Wildman–Crippen MR) is 101 cm³/mol. The van der Waals surface area contributed by atoms with E-state index >= 15 is 0 Å². The number of benzene rings is 1. The quantitative estimate of drug-likeness (QED) is 0.733. The SMILES string of the molecule is O=C(NCc1nnc2n1CCN(Cc1ccsc1)CC2)c1cccc(F)c1. The standard InChI is InChI=1S/C19H20FN5OS/c20-16-3-1-2-15(10-16)19(26)21-11-18-23-22-17-4-6-24(7-8-25(17)18)12-14-5-9-27-13-14/h1-3,5,9-10,13H,4,6-8,11-12H2,(H,21,26). The van der Waals surface area contributed by atoms with Crippen LogP contribution in [0.5, 0.6) is 0 Å². The molecular weight excluding hydrogens is 365 g/mol. The van der Waals surface area contributed by atoms with Gasteiger partial charge in [0.15, 0.2) is 5.82 Å². The van der Waals surface area contributed by atoms with E-state index in [2.05, 4.69) is 41.8 Å². The van der Waals surface area contributed by atoms with Gasteiger partial charge in [0.2, 0.25) is 0 Å². The molecule has 0 aliphatic carbocycles. The van der Waals surface area contributed by atoms with E-state index in [1.807, 2.05) is 0 Å². The third kappa shape index (κ3) is 4.23. The van der Waals surface area contributed by atoms with Crippen LogP contribution in [0.3, 0.4) is 0 Å². The van der Waals surface area contributed by atoms with Crippen molar-refractivity contribution in [2.75, 3.05) is 13.1 Å². The lowest BCUT2D eigenvalue weighted by molar-refractivity contribution is 0.0949. The smallest absolute Gasteiger partial charge is 0.251 e. The molecule has 2 aromatic heterocycles. The Hall–Kier alpha value is -2.58. The van der Waals surface area contributed by atoms with Crippen molar-refractivity contribution in [3.63, 3.8) is 0 Å². The van der Waals surface area contributed by atoms with Crippen molar-refractivity contribution in [1.82, 2.24) is 25.0 Å². The fraction of sp³-hybridized carbons (Fsp3) is 0.316. The van der Waals surface area contributed by atoms with E-state index in [4.69, 9.17) is 0 Å². The van der Waals surface area contributed by atoms with Gasteiger partial charge in [-0.25, -0.2) is 4.39 Å². The lowest BCUT2D eigenvalue weighted by Crippen LogP contribution is -2.27. The van der Waals surface area contributed by atoms with Gasteiger partial charge in [-0.3, -0.25) is 9.69 Å². The van der Waals surface area contributed by atoms with Crippen LogP contribution in [0, 0.1) is 5.82 Å². The second kappa shape index (κ2) is 7.98. The molecule has 0 bridgehead atoms.